The van der Waals surface area contributed by atoms with Crippen molar-refractivity contribution in [1.82, 2.24) is 19.7 Å². The minimum atomic E-state index is -4.54. The second-order valence-electron chi connectivity index (χ2n) is 11.0. The first kappa shape index (κ1) is 20.3. The number of nitrogens with zero attached hydrogens (tertiary/aromatic N) is 4. The summed E-state index contributed by atoms with van der Waals surface area (Å²) in [6.07, 6.45) is 0.416. The normalized spacial score (nSPS) is 35.8. The molecule has 4 heterocycles. The van der Waals surface area contributed by atoms with Crippen LogP contribution in [0.1, 0.15) is 50.4 Å². The molecule has 2 saturated heterocycles. The number of hydrogen-bond donors (Lipinski definition) is 1. The second kappa shape index (κ2) is 6.10. The summed E-state index contributed by atoms with van der Waals surface area (Å²) < 4.78 is 48.2. The van der Waals surface area contributed by atoms with Crippen molar-refractivity contribution in [2.75, 3.05) is 25.4 Å². The topological polar surface area (TPSA) is 69.2 Å². The van der Waals surface area contributed by atoms with Gasteiger partial charge in [-0.2, -0.15) is 18.3 Å². The predicted molar refractivity (Wildman–Crippen MR) is 115 cm³/mol. The van der Waals surface area contributed by atoms with Crippen LogP contribution in [0.3, 0.4) is 0 Å². The molecule has 4 aliphatic carbocycles. The molecule has 2 bridgehead atoms. The van der Waals surface area contributed by atoms with Crippen LogP contribution in [0.25, 0.3) is 11.3 Å². The van der Waals surface area contributed by atoms with Gasteiger partial charge in [0.25, 0.3) is 0 Å². The Labute approximate surface area is 190 Å². The Kier molecular flexibility index (Phi) is 3.75. The average molecular weight is 460 g/mol. The summed E-state index contributed by atoms with van der Waals surface area (Å²) >= 11 is 0. The highest BCUT2D eigenvalue weighted by Gasteiger charge is 2.93. The molecule has 1 spiro atoms. The van der Waals surface area contributed by atoms with Crippen molar-refractivity contribution in [2.45, 2.75) is 62.4 Å². The maximum Gasteiger partial charge on any atom is 0.419 e. The van der Waals surface area contributed by atoms with Crippen molar-refractivity contribution in [3.63, 3.8) is 0 Å². The zero-order valence-corrected chi connectivity index (χ0v) is 18.8. The molecule has 9 heteroatoms. The lowest BCUT2D eigenvalue weighted by Gasteiger charge is -2.50. The first-order chi connectivity index (χ1) is 15.7. The van der Waals surface area contributed by atoms with Crippen molar-refractivity contribution in [3.8, 4) is 11.3 Å². The third-order valence-electron chi connectivity index (χ3n) is 9.05. The van der Waals surface area contributed by atoms with Crippen molar-refractivity contribution >= 4 is 5.82 Å². The van der Waals surface area contributed by atoms with E-state index in [4.69, 9.17) is 15.6 Å². The van der Waals surface area contributed by atoms with Crippen molar-refractivity contribution in [2.24, 2.45) is 17.8 Å². The maximum atomic E-state index is 13.4. The third kappa shape index (κ3) is 2.52. The molecule has 176 valence electrons. The van der Waals surface area contributed by atoms with Crippen LogP contribution in [-0.2, 0) is 16.3 Å². The van der Waals surface area contributed by atoms with Gasteiger partial charge in [-0.15, -0.1) is 0 Å². The number of likely N-dealkylation sites (tertiary alicyclic amines) is 1. The van der Waals surface area contributed by atoms with Crippen LogP contribution in [0.5, 0.6) is 0 Å². The van der Waals surface area contributed by atoms with Gasteiger partial charge in [-0.3, -0.25) is 9.58 Å². The first-order valence-corrected chi connectivity index (χ1v) is 12.0. The van der Waals surface area contributed by atoms with E-state index in [9.17, 15) is 13.2 Å². The molecule has 2 aromatic heterocycles. The van der Waals surface area contributed by atoms with E-state index in [0.29, 0.717) is 35.1 Å². The molecule has 6 fully saturated rings. The highest BCUT2D eigenvalue weighted by atomic mass is 19.4. The van der Waals surface area contributed by atoms with Gasteiger partial charge in [-0.25, -0.2) is 4.98 Å². The first-order valence-electron chi connectivity index (χ1n) is 12.0. The third-order valence-corrected chi connectivity index (χ3v) is 9.05. The van der Waals surface area contributed by atoms with E-state index < -0.39 is 17.6 Å². The number of aromatic nitrogens is 3. The number of fused-ring (bicyclic) bond motifs is 1. The standard InChI is InChI=1S/C24H28F3N5O/c1-12(2)32-18(8-16(30-32)13-6-15(24(25,26)27)21(28)29-9-13)23-14-7-17(20(23)19(14)23)31-10-22(11-31)4-3-5-33-22/h6,8-9,12,14,17,19-20H,3-5,7,10-11H2,1-2H3,(H2,28,29)/t14-,17?,19-,20?,23-/m1/s1. The van der Waals surface area contributed by atoms with Crippen molar-refractivity contribution in [1.29, 1.82) is 0 Å². The summed E-state index contributed by atoms with van der Waals surface area (Å²) in [5, 5.41) is 4.76. The fraction of sp³-hybridized carbons (Fsp3) is 0.667. The van der Waals surface area contributed by atoms with Gasteiger partial charge in [-0.05, 0) is 63.0 Å². The van der Waals surface area contributed by atoms with E-state index in [0.717, 1.165) is 25.8 Å². The van der Waals surface area contributed by atoms with E-state index in [1.54, 1.807) is 0 Å². The monoisotopic (exact) mass is 459 g/mol. The van der Waals surface area contributed by atoms with Gasteiger partial charge in [0.05, 0.1) is 16.9 Å². The molecule has 0 aromatic carbocycles. The van der Waals surface area contributed by atoms with Crippen LogP contribution in [0.2, 0.25) is 0 Å². The Morgan fingerprint density at radius 3 is 2.64 bits per heavy atom. The van der Waals surface area contributed by atoms with Gasteiger partial charge >= 0.3 is 6.18 Å². The Hall–Kier alpha value is -2.13. The molecule has 33 heavy (non-hydrogen) atoms. The number of alkyl halides is 3. The molecule has 6 nitrogen and oxygen atoms in total. The van der Waals surface area contributed by atoms with E-state index in [-0.39, 0.29) is 17.1 Å². The van der Waals surface area contributed by atoms with E-state index in [2.05, 4.69) is 23.7 Å². The summed E-state index contributed by atoms with van der Waals surface area (Å²) in [7, 11) is 0. The van der Waals surface area contributed by atoms with Crippen LogP contribution in [0.4, 0.5) is 19.0 Å². The average Bonchev–Trinajstić information content (AvgIpc) is 3.22. The van der Waals surface area contributed by atoms with Gasteiger partial charge in [0.2, 0.25) is 0 Å². The van der Waals surface area contributed by atoms with Gasteiger partial charge in [0, 0.05) is 54.6 Å². The number of rotatable bonds is 4. The number of hydrogen-bond acceptors (Lipinski definition) is 5. The molecule has 2 aromatic rings. The largest absolute Gasteiger partial charge is 0.419 e. The van der Waals surface area contributed by atoms with Gasteiger partial charge < -0.3 is 10.5 Å². The number of anilines is 1. The Bertz CT molecular complexity index is 1140. The lowest BCUT2D eigenvalue weighted by molar-refractivity contribution is -0.137. The highest BCUT2D eigenvalue weighted by molar-refractivity contribution is 5.65. The Morgan fingerprint density at radius 1 is 1.21 bits per heavy atom. The van der Waals surface area contributed by atoms with E-state index >= 15 is 0 Å². The Morgan fingerprint density at radius 2 is 2.00 bits per heavy atom. The van der Waals surface area contributed by atoms with Crippen LogP contribution in [-0.4, -0.2) is 51.0 Å². The van der Waals surface area contributed by atoms with Crippen LogP contribution in [0, 0.1) is 17.8 Å². The number of nitrogens with two attached hydrogens (primary N) is 1. The van der Waals surface area contributed by atoms with Gasteiger partial charge in [-0.1, -0.05) is 0 Å². The molecule has 0 radical (unpaired) electrons. The van der Waals surface area contributed by atoms with E-state index in [1.165, 1.54) is 31.2 Å². The zero-order chi connectivity index (χ0) is 22.9. The molecule has 2 N–H and O–H groups in total. The van der Waals surface area contributed by atoms with Crippen molar-refractivity contribution in [3.05, 3.63) is 29.6 Å². The van der Waals surface area contributed by atoms with E-state index in [1.807, 2.05) is 10.7 Å². The minimum Gasteiger partial charge on any atom is -0.383 e. The molecular formula is C24H28F3N5O. The molecule has 4 saturated carbocycles. The molecular weight excluding hydrogens is 431 g/mol. The second-order valence-corrected chi connectivity index (χ2v) is 11.0. The summed E-state index contributed by atoms with van der Waals surface area (Å²) in [5.41, 5.74) is 6.96. The SMILES string of the molecule is CC(C)n1nc(-c2cnc(N)c(C(F)(F)F)c2)cc1[C@]12C3C(N4CC5(CCCO5)C4)C[C@@H]1[C@H]32. The maximum absolute atomic E-state index is 13.4. The fourth-order valence-corrected chi connectivity index (χ4v) is 7.60. The molecule has 0 amide bonds. The Balaban J connectivity index is 1.19. The summed E-state index contributed by atoms with van der Waals surface area (Å²) in [5.74, 6) is 1.50. The number of halogens is 3. The smallest absolute Gasteiger partial charge is 0.383 e. The number of pyridine rings is 1. The zero-order valence-electron chi connectivity index (χ0n) is 18.8. The predicted octanol–water partition coefficient (Wildman–Crippen LogP) is 3.88. The minimum absolute atomic E-state index is 0.112. The molecule has 8 rings (SSSR count). The number of nitrogen functional groups attached to an aromatic ring is 1. The summed E-state index contributed by atoms with van der Waals surface area (Å²) in [6.45, 7) is 7.15. The molecule has 6 aliphatic rings. The lowest BCUT2D eigenvalue weighted by Crippen LogP contribution is -2.64. The highest BCUT2D eigenvalue weighted by Crippen LogP contribution is 2.91. The van der Waals surface area contributed by atoms with Crippen LogP contribution < -0.4 is 5.73 Å². The molecule has 2 unspecified atom stereocenters. The fourth-order valence-electron chi connectivity index (χ4n) is 7.60. The number of ether oxygens (including phenoxy) is 1. The molecule has 2 aliphatic heterocycles. The van der Waals surface area contributed by atoms with Crippen molar-refractivity contribution < 1.29 is 17.9 Å². The van der Waals surface area contributed by atoms with Crippen LogP contribution >= 0.6 is 0 Å². The summed E-state index contributed by atoms with van der Waals surface area (Å²) in [6, 6.07) is 3.82. The van der Waals surface area contributed by atoms with Crippen LogP contribution in [0.15, 0.2) is 18.3 Å². The van der Waals surface area contributed by atoms with Gasteiger partial charge in [0.1, 0.15) is 5.82 Å². The lowest BCUT2D eigenvalue weighted by atomic mass is 9.88. The molecule has 5 atom stereocenters. The summed E-state index contributed by atoms with van der Waals surface area (Å²) in [4.78, 5) is 6.43. The quantitative estimate of drug-likeness (QED) is 0.752. The van der Waals surface area contributed by atoms with Gasteiger partial charge in [0.15, 0.2) is 0 Å².